The maximum Gasteiger partial charge on any atom is 0.416 e. The molecular weight excluding hydrogens is 345 g/mol. The Bertz CT molecular complexity index is 759. The summed E-state index contributed by atoms with van der Waals surface area (Å²) in [7, 11) is 1.50. The maximum atomic E-state index is 12.7. The summed E-state index contributed by atoms with van der Waals surface area (Å²) >= 11 is 5.83. The first-order chi connectivity index (χ1) is 11.3. The summed E-state index contributed by atoms with van der Waals surface area (Å²) in [5.41, 5.74) is 1.73. The third kappa shape index (κ3) is 4.48. The van der Waals surface area contributed by atoms with Crippen molar-refractivity contribution in [2.45, 2.75) is 6.18 Å². The smallest absolute Gasteiger partial charge is 0.416 e. The third-order valence-corrected chi connectivity index (χ3v) is 3.39. The molecule has 0 aliphatic carbocycles. The van der Waals surface area contributed by atoms with Crippen LogP contribution in [0, 0.1) is 0 Å². The van der Waals surface area contributed by atoms with Crippen molar-refractivity contribution in [1.82, 2.24) is 5.43 Å². The Kier molecular flexibility index (Phi) is 5.46. The second kappa shape index (κ2) is 7.35. The van der Waals surface area contributed by atoms with E-state index >= 15 is 0 Å². The Morgan fingerprint density at radius 1 is 1.21 bits per heavy atom. The molecule has 24 heavy (non-hydrogen) atoms. The van der Waals surface area contributed by atoms with Crippen molar-refractivity contribution in [3.05, 3.63) is 64.2 Å². The molecule has 0 heterocycles. The fraction of sp³-hybridized carbons (Fsp3) is 0.125. The quantitative estimate of drug-likeness (QED) is 0.661. The third-order valence-electron chi connectivity index (χ3n) is 3.05. The molecule has 0 radical (unpaired) electrons. The van der Waals surface area contributed by atoms with Crippen LogP contribution in [0.5, 0.6) is 5.75 Å². The number of benzene rings is 2. The van der Waals surface area contributed by atoms with E-state index in [1.54, 1.807) is 12.1 Å². The summed E-state index contributed by atoms with van der Waals surface area (Å²) < 4.78 is 43.0. The van der Waals surface area contributed by atoms with Crippen molar-refractivity contribution in [3.63, 3.8) is 0 Å². The molecular formula is C16H12ClF3N2O2. The number of hydrazone groups is 1. The van der Waals surface area contributed by atoms with Gasteiger partial charge in [0.1, 0.15) is 5.75 Å². The minimum Gasteiger partial charge on any atom is -0.497 e. The number of nitrogens with zero attached hydrogens (tertiary/aromatic N) is 1. The van der Waals surface area contributed by atoms with Crippen molar-refractivity contribution in [3.8, 4) is 5.75 Å². The average Bonchev–Trinajstić information content (AvgIpc) is 2.55. The lowest BCUT2D eigenvalue weighted by atomic mass is 10.1. The number of halogens is 4. The fourth-order valence-electron chi connectivity index (χ4n) is 1.79. The first-order valence-electron chi connectivity index (χ1n) is 6.65. The Morgan fingerprint density at radius 3 is 2.46 bits per heavy atom. The number of ether oxygens (including phenoxy) is 1. The Hall–Kier alpha value is -2.54. The lowest BCUT2D eigenvalue weighted by Gasteiger charge is -2.08. The van der Waals surface area contributed by atoms with E-state index < -0.39 is 17.6 Å². The monoisotopic (exact) mass is 356 g/mol. The highest BCUT2D eigenvalue weighted by atomic mass is 35.5. The van der Waals surface area contributed by atoms with Crippen LogP contribution in [0.2, 0.25) is 5.02 Å². The standard InChI is InChI=1S/C16H12ClF3N2O2/c1-24-13-5-2-10(3-6-13)15(23)22-21-9-11-8-12(16(18,19)20)4-7-14(11)17/h2-9H,1H3,(H,22,23)/b21-9+. The van der Waals surface area contributed by atoms with Crippen molar-refractivity contribution in [1.29, 1.82) is 0 Å². The molecule has 1 amide bonds. The van der Waals surface area contributed by atoms with Crippen LogP contribution in [-0.2, 0) is 6.18 Å². The van der Waals surface area contributed by atoms with Crippen molar-refractivity contribution < 1.29 is 22.7 Å². The van der Waals surface area contributed by atoms with Crippen molar-refractivity contribution >= 4 is 23.7 Å². The molecule has 0 bridgehead atoms. The summed E-state index contributed by atoms with van der Waals surface area (Å²) in [5.74, 6) is 0.0720. The van der Waals surface area contributed by atoms with Crippen molar-refractivity contribution in [2.75, 3.05) is 7.11 Å². The van der Waals surface area contributed by atoms with Crippen LogP contribution in [0.15, 0.2) is 47.6 Å². The molecule has 0 saturated carbocycles. The Labute approximate surface area is 140 Å². The van der Waals surface area contributed by atoms with Crippen LogP contribution in [-0.4, -0.2) is 19.2 Å². The number of methoxy groups -OCH3 is 1. The number of nitrogens with one attached hydrogen (secondary N) is 1. The molecule has 0 saturated heterocycles. The van der Waals surface area contributed by atoms with Gasteiger partial charge in [-0.15, -0.1) is 0 Å². The predicted molar refractivity (Wildman–Crippen MR) is 84.5 cm³/mol. The number of alkyl halides is 3. The lowest BCUT2D eigenvalue weighted by molar-refractivity contribution is -0.137. The van der Waals surface area contributed by atoms with E-state index in [-0.39, 0.29) is 10.6 Å². The molecule has 126 valence electrons. The highest BCUT2D eigenvalue weighted by Gasteiger charge is 2.30. The van der Waals surface area contributed by atoms with E-state index in [4.69, 9.17) is 16.3 Å². The molecule has 0 spiro atoms. The summed E-state index contributed by atoms with van der Waals surface area (Å²) in [6.45, 7) is 0. The van der Waals surface area contributed by atoms with E-state index in [0.717, 1.165) is 24.4 Å². The van der Waals surface area contributed by atoms with Gasteiger partial charge in [-0.05, 0) is 42.5 Å². The summed E-state index contributed by atoms with van der Waals surface area (Å²) in [6, 6.07) is 9.10. The fourth-order valence-corrected chi connectivity index (χ4v) is 1.95. The number of carbonyl (C=O) groups is 1. The molecule has 0 aliphatic rings. The Balaban J connectivity index is 2.09. The van der Waals surface area contributed by atoms with Gasteiger partial charge >= 0.3 is 6.18 Å². The highest BCUT2D eigenvalue weighted by molar-refractivity contribution is 6.33. The van der Waals surface area contributed by atoms with Gasteiger partial charge in [-0.2, -0.15) is 18.3 Å². The number of amides is 1. The molecule has 0 aliphatic heterocycles. The predicted octanol–water partition coefficient (Wildman–Crippen LogP) is 4.13. The van der Waals surface area contributed by atoms with Crippen LogP contribution in [0.25, 0.3) is 0 Å². The zero-order valence-corrected chi connectivity index (χ0v) is 13.2. The lowest BCUT2D eigenvalue weighted by Crippen LogP contribution is -2.17. The summed E-state index contributed by atoms with van der Waals surface area (Å²) in [5, 5.41) is 3.73. The molecule has 0 atom stereocenters. The number of hydrogen-bond acceptors (Lipinski definition) is 3. The molecule has 8 heteroatoms. The van der Waals surface area contributed by atoms with Gasteiger partial charge in [-0.25, -0.2) is 5.43 Å². The molecule has 4 nitrogen and oxygen atoms in total. The highest BCUT2D eigenvalue weighted by Crippen LogP contribution is 2.31. The van der Waals surface area contributed by atoms with Crippen LogP contribution in [0.4, 0.5) is 13.2 Å². The molecule has 0 unspecified atom stereocenters. The van der Waals surface area contributed by atoms with Gasteiger partial charge in [0.05, 0.1) is 18.9 Å². The van der Waals surface area contributed by atoms with Gasteiger partial charge in [-0.3, -0.25) is 4.79 Å². The van der Waals surface area contributed by atoms with Gasteiger partial charge in [0.15, 0.2) is 0 Å². The largest absolute Gasteiger partial charge is 0.497 e. The molecule has 2 rings (SSSR count). The van der Waals surface area contributed by atoms with E-state index in [0.29, 0.717) is 11.3 Å². The normalized spacial score (nSPS) is 11.5. The molecule has 2 aromatic carbocycles. The number of rotatable bonds is 4. The number of hydrogen-bond donors (Lipinski definition) is 1. The zero-order chi connectivity index (χ0) is 17.7. The molecule has 2 aromatic rings. The van der Waals surface area contributed by atoms with E-state index in [1.807, 2.05) is 0 Å². The minimum atomic E-state index is -4.49. The molecule has 0 fully saturated rings. The second-order valence-electron chi connectivity index (χ2n) is 4.66. The first-order valence-corrected chi connectivity index (χ1v) is 7.03. The van der Waals surface area contributed by atoms with Crippen LogP contribution in [0.3, 0.4) is 0 Å². The first kappa shape index (κ1) is 17.8. The van der Waals surface area contributed by atoms with Crippen LogP contribution >= 0.6 is 11.6 Å². The van der Waals surface area contributed by atoms with E-state index in [1.165, 1.54) is 19.2 Å². The van der Waals surface area contributed by atoms with E-state index in [2.05, 4.69) is 10.5 Å². The second-order valence-corrected chi connectivity index (χ2v) is 5.07. The Morgan fingerprint density at radius 2 is 1.88 bits per heavy atom. The van der Waals surface area contributed by atoms with Gasteiger partial charge in [-0.1, -0.05) is 11.6 Å². The minimum absolute atomic E-state index is 0.0431. The van der Waals surface area contributed by atoms with Crippen LogP contribution < -0.4 is 10.2 Å². The molecule has 0 aromatic heterocycles. The zero-order valence-electron chi connectivity index (χ0n) is 12.4. The maximum absolute atomic E-state index is 12.7. The van der Waals surface area contributed by atoms with Crippen LogP contribution in [0.1, 0.15) is 21.5 Å². The van der Waals surface area contributed by atoms with E-state index in [9.17, 15) is 18.0 Å². The number of carbonyl (C=O) groups excluding carboxylic acids is 1. The summed E-state index contributed by atoms with van der Waals surface area (Å²) in [6.07, 6.45) is -3.43. The van der Waals surface area contributed by atoms with Crippen molar-refractivity contribution in [2.24, 2.45) is 5.10 Å². The van der Waals surface area contributed by atoms with Gasteiger partial charge in [0.2, 0.25) is 0 Å². The average molecular weight is 357 g/mol. The molecule has 1 N–H and O–H groups in total. The van der Waals surface area contributed by atoms with Gasteiger partial charge in [0, 0.05) is 16.1 Å². The van der Waals surface area contributed by atoms with Gasteiger partial charge in [0.25, 0.3) is 5.91 Å². The summed E-state index contributed by atoms with van der Waals surface area (Å²) in [4.78, 5) is 11.9. The van der Waals surface area contributed by atoms with Gasteiger partial charge < -0.3 is 4.74 Å². The SMILES string of the molecule is COc1ccc(C(=O)N/N=C/c2cc(C(F)(F)F)ccc2Cl)cc1. The topological polar surface area (TPSA) is 50.7 Å².